The molecule has 0 aromatic rings. The van der Waals surface area contributed by atoms with Crippen LogP contribution in [0.15, 0.2) is 0 Å². The van der Waals surface area contributed by atoms with Crippen molar-refractivity contribution in [1.82, 2.24) is 4.90 Å². The topological polar surface area (TPSA) is 23.5 Å². The van der Waals surface area contributed by atoms with Gasteiger partial charge in [-0.05, 0) is 17.8 Å². The van der Waals surface area contributed by atoms with E-state index in [1.165, 1.54) is 19.5 Å². The molecule has 0 radical (unpaired) electrons. The number of fused-ring (bicyclic) bond motifs is 1. The highest BCUT2D eigenvalue weighted by Gasteiger charge is 2.55. The van der Waals surface area contributed by atoms with E-state index in [2.05, 4.69) is 23.7 Å². The molecule has 0 bridgehead atoms. The Balaban J connectivity index is 1.79. The summed E-state index contributed by atoms with van der Waals surface area (Å²) in [5.41, 5.74) is 0.626. The highest BCUT2D eigenvalue weighted by atomic mass is 16.2. The van der Waals surface area contributed by atoms with Gasteiger partial charge < -0.3 is 5.11 Å². The molecule has 1 heterocycles. The first kappa shape index (κ1) is 8.10. The Morgan fingerprint density at radius 2 is 2.42 bits per heavy atom. The Bertz CT molecular complexity index is 240. The van der Waals surface area contributed by atoms with Crippen LogP contribution in [0.4, 0.5) is 0 Å². The molecule has 1 aliphatic heterocycles. The zero-order valence-corrected chi connectivity index (χ0v) is 7.51. The lowest BCUT2D eigenvalue weighted by molar-refractivity contribution is 0.318. The van der Waals surface area contributed by atoms with E-state index in [-0.39, 0.29) is 6.61 Å². The largest absolute Gasteiger partial charge is 0.384 e. The average Bonchev–Trinajstić information content (AvgIpc) is 2.52. The molecule has 66 valence electrons. The quantitative estimate of drug-likeness (QED) is 0.566. The number of aliphatic hydroxyl groups is 1. The maximum Gasteiger partial charge on any atom is 0.104 e. The minimum atomic E-state index is -0.00542. The highest BCUT2D eigenvalue weighted by Crippen LogP contribution is 2.56. The molecule has 2 fully saturated rings. The smallest absolute Gasteiger partial charge is 0.104 e. The molecule has 12 heavy (non-hydrogen) atoms. The van der Waals surface area contributed by atoms with Gasteiger partial charge in [0.05, 0.1) is 6.54 Å². The predicted molar refractivity (Wildman–Crippen MR) is 47.5 cm³/mol. The summed E-state index contributed by atoms with van der Waals surface area (Å²) in [5.74, 6) is 6.58. The van der Waals surface area contributed by atoms with Crippen molar-refractivity contribution in [2.45, 2.75) is 13.3 Å². The molecule has 2 unspecified atom stereocenters. The number of nitrogens with zero attached hydrogens (tertiary/aromatic N) is 1. The molecule has 0 aromatic carbocycles. The van der Waals surface area contributed by atoms with Gasteiger partial charge in [-0.15, -0.1) is 0 Å². The van der Waals surface area contributed by atoms with Gasteiger partial charge in [0.25, 0.3) is 0 Å². The maximum absolute atomic E-state index is 8.46. The van der Waals surface area contributed by atoms with Crippen LogP contribution < -0.4 is 0 Å². The molecule has 0 spiro atoms. The number of likely N-dealkylation sites (tertiary alicyclic amines) is 1. The number of rotatable bonds is 1. The molecule has 1 N–H and O–H groups in total. The van der Waals surface area contributed by atoms with E-state index in [1.54, 1.807) is 0 Å². The Morgan fingerprint density at radius 3 is 3.00 bits per heavy atom. The molecule has 1 saturated carbocycles. The lowest BCUT2D eigenvalue weighted by Gasteiger charge is -2.15. The Kier molecular flexibility index (Phi) is 1.86. The molecule has 0 aromatic heterocycles. The minimum absolute atomic E-state index is 0.00542. The first-order chi connectivity index (χ1) is 5.74. The zero-order chi connectivity index (χ0) is 8.60. The molecule has 1 aliphatic carbocycles. The second-order valence-corrected chi connectivity index (χ2v) is 4.24. The summed E-state index contributed by atoms with van der Waals surface area (Å²) < 4.78 is 0. The van der Waals surface area contributed by atoms with E-state index >= 15 is 0 Å². The average molecular weight is 165 g/mol. The monoisotopic (exact) mass is 165 g/mol. The molecule has 1 saturated heterocycles. The van der Waals surface area contributed by atoms with Crippen molar-refractivity contribution < 1.29 is 5.11 Å². The van der Waals surface area contributed by atoms with Crippen molar-refractivity contribution in [1.29, 1.82) is 0 Å². The lowest BCUT2D eigenvalue weighted by Crippen LogP contribution is -2.24. The fourth-order valence-corrected chi connectivity index (χ4v) is 2.21. The summed E-state index contributed by atoms with van der Waals surface area (Å²) in [6.45, 7) is 5.62. The van der Waals surface area contributed by atoms with Crippen LogP contribution in [0.3, 0.4) is 0 Å². The molecule has 2 rings (SSSR count). The van der Waals surface area contributed by atoms with Gasteiger partial charge in [-0.2, -0.15) is 0 Å². The van der Waals surface area contributed by atoms with Crippen LogP contribution in [0.25, 0.3) is 0 Å². The van der Waals surface area contributed by atoms with Gasteiger partial charge in [0.15, 0.2) is 0 Å². The third kappa shape index (κ3) is 1.35. The first-order valence-corrected chi connectivity index (χ1v) is 4.53. The second-order valence-electron chi connectivity index (χ2n) is 4.24. The summed E-state index contributed by atoms with van der Waals surface area (Å²) in [7, 11) is 0. The summed E-state index contributed by atoms with van der Waals surface area (Å²) in [6.07, 6.45) is 1.41. The van der Waals surface area contributed by atoms with Crippen molar-refractivity contribution in [3.63, 3.8) is 0 Å². The SMILES string of the molecule is CC12CC1CN(CC#CCO)C2. The predicted octanol–water partition coefficient (Wildman–Crippen LogP) is 0.324. The van der Waals surface area contributed by atoms with Gasteiger partial charge in [0.2, 0.25) is 0 Å². The van der Waals surface area contributed by atoms with Crippen molar-refractivity contribution in [3.8, 4) is 11.8 Å². The second kappa shape index (κ2) is 2.76. The van der Waals surface area contributed by atoms with Crippen LogP contribution in [0.1, 0.15) is 13.3 Å². The van der Waals surface area contributed by atoms with Gasteiger partial charge >= 0.3 is 0 Å². The van der Waals surface area contributed by atoms with Crippen LogP contribution in [0.5, 0.6) is 0 Å². The fourth-order valence-electron chi connectivity index (χ4n) is 2.21. The normalized spacial score (nSPS) is 38.7. The van der Waals surface area contributed by atoms with E-state index < -0.39 is 0 Å². The number of piperidine rings is 1. The van der Waals surface area contributed by atoms with Gasteiger partial charge in [0, 0.05) is 13.1 Å². The first-order valence-electron chi connectivity index (χ1n) is 4.53. The van der Waals surface area contributed by atoms with Gasteiger partial charge in [-0.1, -0.05) is 18.8 Å². The summed E-state index contributed by atoms with van der Waals surface area (Å²) in [5, 5.41) is 8.46. The van der Waals surface area contributed by atoms with E-state index in [1.807, 2.05) is 0 Å². The van der Waals surface area contributed by atoms with Crippen LogP contribution in [0.2, 0.25) is 0 Å². The minimum Gasteiger partial charge on any atom is -0.384 e. The molecule has 2 heteroatoms. The molecular formula is C10H15NO. The summed E-state index contributed by atoms with van der Waals surface area (Å²) in [4.78, 5) is 2.39. The zero-order valence-electron chi connectivity index (χ0n) is 7.51. The van der Waals surface area contributed by atoms with E-state index in [0.29, 0.717) is 5.41 Å². The van der Waals surface area contributed by atoms with Crippen LogP contribution >= 0.6 is 0 Å². The lowest BCUT2D eigenvalue weighted by atomic mass is 10.1. The molecule has 0 amide bonds. The van der Waals surface area contributed by atoms with Gasteiger partial charge in [-0.3, -0.25) is 4.90 Å². The van der Waals surface area contributed by atoms with Gasteiger partial charge in [-0.25, -0.2) is 0 Å². The standard InChI is InChI=1S/C10H15NO/c1-10-6-9(10)7-11(8-10)4-2-3-5-12/h9,12H,4-8H2,1H3. The number of aliphatic hydroxyl groups excluding tert-OH is 1. The molecular weight excluding hydrogens is 150 g/mol. The summed E-state index contributed by atoms with van der Waals surface area (Å²) >= 11 is 0. The number of hydrogen-bond acceptors (Lipinski definition) is 2. The summed E-state index contributed by atoms with van der Waals surface area (Å²) in [6, 6.07) is 0. The molecule has 2 aliphatic rings. The van der Waals surface area contributed by atoms with Crippen molar-refractivity contribution in [3.05, 3.63) is 0 Å². The van der Waals surface area contributed by atoms with Crippen molar-refractivity contribution in [2.24, 2.45) is 11.3 Å². The Labute approximate surface area is 73.6 Å². The van der Waals surface area contributed by atoms with E-state index in [0.717, 1.165) is 12.5 Å². The Hall–Kier alpha value is -0.520. The van der Waals surface area contributed by atoms with Crippen LogP contribution in [-0.2, 0) is 0 Å². The van der Waals surface area contributed by atoms with E-state index in [4.69, 9.17) is 5.11 Å². The number of hydrogen-bond donors (Lipinski definition) is 1. The van der Waals surface area contributed by atoms with Crippen molar-refractivity contribution >= 4 is 0 Å². The van der Waals surface area contributed by atoms with Gasteiger partial charge in [0.1, 0.15) is 6.61 Å². The van der Waals surface area contributed by atoms with Crippen molar-refractivity contribution in [2.75, 3.05) is 26.2 Å². The molecule has 2 nitrogen and oxygen atoms in total. The highest BCUT2D eigenvalue weighted by molar-refractivity contribution is 5.10. The maximum atomic E-state index is 8.46. The molecule has 2 atom stereocenters. The third-order valence-electron chi connectivity index (χ3n) is 3.11. The van der Waals surface area contributed by atoms with Crippen LogP contribution in [-0.4, -0.2) is 36.2 Å². The van der Waals surface area contributed by atoms with Crippen LogP contribution in [0, 0.1) is 23.2 Å². The fraction of sp³-hybridized carbons (Fsp3) is 0.800. The van der Waals surface area contributed by atoms with E-state index in [9.17, 15) is 0 Å². The third-order valence-corrected chi connectivity index (χ3v) is 3.11. The Morgan fingerprint density at radius 1 is 1.58 bits per heavy atom.